The van der Waals surface area contributed by atoms with E-state index in [1.54, 1.807) is 4.90 Å². The zero-order valence-electron chi connectivity index (χ0n) is 15.1. The van der Waals surface area contributed by atoms with Crippen LogP contribution in [0.3, 0.4) is 0 Å². The molecule has 0 aliphatic carbocycles. The van der Waals surface area contributed by atoms with E-state index >= 15 is 0 Å². The van der Waals surface area contributed by atoms with Crippen molar-refractivity contribution in [3.8, 4) is 0 Å². The molecule has 8 nitrogen and oxygen atoms in total. The van der Waals surface area contributed by atoms with Gasteiger partial charge in [0.05, 0.1) is 11.9 Å². The number of aromatic nitrogens is 4. The first kappa shape index (κ1) is 17.2. The van der Waals surface area contributed by atoms with Crippen molar-refractivity contribution in [3.05, 3.63) is 29.4 Å². The molecule has 2 aromatic rings. The van der Waals surface area contributed by atoms with Gasteiger partial charge >= 0.3 is 12.0 Å². The van der Waals surface area contributed by atoms with Crippen molar-refractivity contribution in [1.29, 1.82) is 0 Å². The van der Waals surface area contributed by atoms with Crippen LogP contribution in [0.15, 0.2) is 16.7 Å². The summed E-state index contributed by atoms with van der Waals surface area (Å²) in [6.07, 6.45) is 5.63. The number of nitrogens with zero attached hydrogens (tertiary/aromatic N) is 5. The van der Waals surface area contributed by atoms with Crippen LogP contribution in [-0.2, 0) is 0 Å². The van der Waals surface area contributed by atoms with Gasteiger partial charge in [-0.05, 0) is 46.1 Å². The maximum atomic E-state index is 12.4. The molecule has 0 unspecified atom stereocenters. The highest BCUT2D eigenvalue weighted by molar-refractivity contribution is 5.87. The van der Waals surface area contributed by atoms with Crippen LogP contribution < -0.4 is 5.32 Å². The van der Waals surface area contributed by atoms with Gasteiger partial charge in [0.25, 0.3) is 0 Å². The summed E-state index contributed by atoms with van der Waals surface area (Å²) in [7, 11) is 0. The van der Waals surface area contributed by atoms with Gasteiger partial charge in [0.2, 0.25) is 0 Å². The molecule has 0 aromatic carbocycles. The molecule has 0 saturated heterocycles. The molecule has 25 heavy (non-hydrogen) atoms. The van der Waals surface area contributed by atoms with E-state index in [-0.39, 0.29) is 18.1 Å². The summed E-state index contributed by atoms with van der Waals surface area (Å²) >= 11 is 0. The molecule has 0 saturated carbocycles. The molecule has 0 atom stereocenters. The Kier molecular flexibility index (Phi) is 4.87. The van der Waals surface area contributed by atoms with Gasteiger partial charge in [0.15, 0.2) is 0 Å². The van der Waals surface area contributed by atoms with Crippen molar-refractivity contribution in [2.45, 2.75) is 46.6 Å². The van der Waals surface area contributed by atoms with E-state index in [0.29, 0.717) is 18.8 Å². The van der Waals surface area contributed by atoms with E-state index in [9.17, 15) is 4.79 Å². The van der Waals surface area contributed by atoms with Crippen molar-refractivity contribution in [1.82, 2.24) is 24.9 Å². The maximum Gasteiger partial charge on any atom is 0.325 e. The Hall–Kier alpha value is -2.64. The standard InChI is InChI=1S/C17H24N6O2/c1-11(2)23-10-15(20-21-23)14-6-5-8-22(9-7-14)17(24)19-16-18-12(3)13(4)25-16/h6,10-11H,5,7-9H2,1-4H3,(H,18,19,24). The molecule has 1 N–H and O–H groups in total. The zero-order chi connectivity index (χ0) is 18.0. The van der Waals surface area contributed by atoms with E-state index in [1.807, 2.05) is 24.7 Å². The maximum absolute atomic E-state index is 12.4. The van der Waals surface area contributed by atoms with Crippen LogP contribution in [0.1, 0.15) is 49.9 Å². The Balaban J connectivity index is 1.61. The zero-order valence-corrected chi connectivity index (χ0v) is 15.1. The number of carbonyl (C=O) groups excluding carboxylic acids is 1. The van der Waals surface area contributed by atoms with Crippen LogP contribution in [0.5, 0.6) is 0 Å². The highest BCUT2D eigenvalue weighted by atomic mass is 16.4. The number of amides is 2. The second kappa shape index (κ2) is 7.08. The Labute approximate surface area is 146 Å². The summed E-state index contributed by atoms with van der Waals surface area (Å²) in [6, 6.07) is 0.335. The lowest BCUT2D eigenvalue weighted by atomic mass is 10.1. The largest absolute Gasteiger partial charge is 0.428 e. The third-order valence-corrected chi connectivity index (χ3v) is 4.34. The lowest BCUT2D eigenvalue weighted by molar-refractivity contribution is 0.214. The Morgan fingerprint density at radius 3 is 2.76 bits per heavy atom. The van der Waals surface area contributed by atoms with Crippen LogP contribution in [0.25, 0.3) is 5.57 Å². The number of urea groups is 1. The SMILES string of the molecule is Cc1nc(NC(=O)N2CCC=C(c3cn(C(C)C)nn3)CC2)oc1C. The predicted molar refractivity (Wildman–Crippen MR) is 94.2 cm³/mol. The summed E-state index contributed by atoms with van der Waals surface area (Å²) < 4.78 is 7.26. The first-order valence-corrected chi connectivity index (χ1v) is 8.55. The number of aryl methyl sites for hydroxylation is 2. The quantitative estimate of drug-likeness (QED) is 0.924. The van der Waals surface area contributed by atoms with Gasteiger partial charge in [-0.3, -0.25) is 5.32 Å². The third-order valence-electron chi connectivity index (χ3n) is 4.34. The molecule has 1 aliphatic rings. The molecular weight excluding hydrogens is 320 g/mol. The van der Waals surface area contributed by atoms with Crippen LogP contribution >= 0.6 is 0 Å². The van der Waals surface area contributed by atoms with Crippen LogP contribution in [0, 0.1) is 13.8 Å². The van der Waals surface area contributed by atoms with E-state index in [1.165, 1.54) is 0 Å². The smallest absolute Gasteiger partial charge is 0.325 e. The van der Waals surface area contributed by atoms with E-state index in [4.69, 9.17) is 4.42 Å². The first-order chi connectivity index (χ1) is 11.9. The monoisotopic (exact) mass is 344 g/mol. The van der Waals surface area contributed by atoms with Crippen molar-refractivity contribution < 1.29 is 9.21 Å². The van der Waals surface area contributed by atoms with Crippen LogP contribution in [0.4, 0.5) is 10.8 Å². The Morgan fingerprint density at radius 1 is 1.32 bits per heavy atom. The highest BCUT2D eigenvalue weighted by Gasteiger charge is 2.20. The van der Waals surface area contributed by atoms with Gasteiger partial charge in [-0.25, -0.2) is 9.48 Å². The lowest BCUT2D eigenvalue weighted by Gasteiger charge is -2.19. The molecule has 8 heteroatoms. The molecule has 2 aromatic heterocycles. The minimum Gasteiger partial charge on any atom is -0.428 e. The van der Waals surface area contributed by atoms with Crippen molar-refractivity contribution in [2.24, 2.45) is 0 Å². The molecule has 3 rings (SSSR count). The minimum atomic E-state index is -0.193. The molecule has 2 amide bonds. The summed E-state index contributed by atoms with van der Waals surface area (Å²) in [6.45, 7) is 9.07. The minimum absolute atomic E-state index is 0.193. The number of hydrogen-bond acceptors (Lipinski definition) is 5. The first-order valence-electron chi connectivity index (χ1n) is 8.55. The molecule has 1 aliphatic heterocycles. The fraction of sp³-hybridized carbons (Fsp3) is 0.529. The van der Waals surface area contributed by atoms with E-state index in [2.05, 4.69) is 40.5 Å². The highest BCUT2D eigenvalue weighted by Crippen LogP contribution is 2.22. The number of nitrogens with one attached hydrogen (secondary N) is 1. The summed E-state index contributed by atoms with van der Waals surface area (Å²) in [4.78, 5) is 18.4. The van der Waals surface area contributed by atoms with E-state index < -0.39 is 0 Å². The average Bonchev–Trinajstić information content (AvgIpc) is 3.07. The van der Waals surface area contributed by atoms with Crippen molar-refractivity contribution in [3.63, 3.8) is 0 Å². The molecule has 3 heterocycles. The molecule has 0 fully saturated rings. The fourth-order valence-electron chi connectivity index (χ4n) is 2.67. The van der Waals surface area contributed by atoms with Crippen molar-refractivity contribution in [2.75, 3.05) is 18.4 Å². The molecule has 0 bridgehead atoms. The molecule has 0 spiro atoms. The normalized spacial score (nSPS) is 15.2. The number of anilines is 1. The topological polar surface area (TPSA) is 89.1 Å². The number of carbonyl (C=O) groups is 1. The summed E-state index contributed by atoms with van der Waals surface area (Å²) in [5.74, 6) is 0.711. The molecule has 0 radical (unpaired) electrons. The van der Waals surface area contributed by atoms with Crippen molar-refractivity contribution >= 4 is 17.6 Å². The van der Waals surface area contributed by atoms with Gasteiger partial charge in [0.1, 0.15) is 11.5 Å². The van der Waals surface area contributed by atoms with Gasteiger partial charge in [-0.1, -0.05) is 11.3 Å². The van der Waals surface area contributed by atoms with Crippen LogP contribution in [-0.4, -0.2) is 44.0 Å². The summed E-state index contributed by atoms with van der Waals surface area (Å²) in [5.41, 5.74) is 2.79. The second-order valence-electron chi connectivity index (χ2n) is 6.52. The summed E-state index contributed by atoms with van der Waals surface area (Å²) in [5, 5.41) is 11.1. The Bertz CT molecular complexity index is 769. The van der Waals surface area contributed by atoms with Crippen LogP contribution in [0.2, 0.25) is 0 Å². The average molecular weight is 344 g/mol. The number of oxazole rings is 1. The van der Waals surface area contributed by atoms with Gasteiger partial charge in [-0.2, -0.15) is 4.98 Å². The van der Waals surface area contributed by atoms with E-state index in [0.717, 1.165) is 29.8 Å². The third kappa shape index (κ3) is 3.89. The fourth-order valence-corrected chi connectivity index (χ4v) is 2.67. The predicted octanol–water partition coefficient (Wildman–Crippen LogP) is 3.18. The van der Waals surface area contributed by atoms with Gasteiger partial charge < -0.3 is 9.32 Å². The second-order valence-corrected chi connectivity index (χ2v) is 6.52. The lowest BCUT2D eigenvalue weighted by Crippen LogP contribution is -2.35. The molecule has 134 valence electrons. The van der Waals surface area contributed by atoms with Gasteiger partial charge in [0, 0.05) is 19.1 Å². The Morgan fingerprint density at radius 2 is 2.12 bits per heavy atom. The van der Waals surface area contributed by atoms with Gasteiger partial charge in [-0.15, -0.1) is 5.10 Å². The molecular formula is C17H24N6O2. The number of hydrogen-bond donors (Lipinski definition) is 1. The number of rotatable bonds is 3.